The van der Waals surface area contributed by atoms with Crippen LogP contribution in [0.25, 0.3) is 6.08 Å². The van der Waals surface area contributed by atoms with E-state index in [1.807, 2.05) is 95.8 Å². The summed E-state index contributed by atoms with van der Waals surface area (Å²) in [5, 5.41) is 0. The molecule has 3 aromatic carbocycles. The molecule has 0 radical (unpaired) electrons. The summed E-state index contributed by atoms with van der Waals surface area (Å²) < 4.78 is 3.97. The average Bonchev–Trinajstić information content (AvgIpc) is 3.95. The Bertz CT molecular complexity index is 2460. The lowest BCUT2D eigenvalue weighted by Gasteiger charge is -2.37. The van der Waals surface area contributed by atoms with Crippen LogP contribution in [0.1, 0.15) is 78.5 Å². The molecule has 1 saturated carbocycles. The third kappa shape index (κ3) is 6.09. The zero-order chi connectivity index (χ0) is 41.7. The highest BCUT2D eigenvalue weighted by Gasteiger charge is 2.57. The van der Waals surface area contributed by atoms with Gasteiger partial charge < -0.3 is 14.7 Å². The summed E-state index contributed by atoms with van der Waals surface area (Å²) in [6.45, 7) is 10.4. The first kappa shape index (κ1) is 38.9. The van der Waals surface area contributed by atoms with Crippen LogP contribution in [-0.4, -0.2) is 62.7 Å². The average molecular weight is 797 g/mol. The van der Waals surface area contributed by atoms with Crippen LogP contribution in [0.5, 0.6) is 0 Å². The van der Waals surface area contributed by atoms with Gasteiger partial charge in [-0.25, -0.2) is 9.13 Å². The van der Waals surface area contributed by atoms with Gasteiger partial charge in [-0.2, -0.15) is 0 Å². The monoisotopic (exact) mass is 796 g/mol. The van der Waals surface area contributed by atoms with Crippen molar-refractivity contribution in [3.63, 3.8) is 0 Å². The minimum Gasteiger partial charge on any atom is -0.346 e. The zero-order valence-electron chi connectivity index (χ0n) is 34.6. The molecule has 1 saturated heterocycles. The molecule has 9 heteroatoms. The van der Waals surface area contributed by atoms with Crippen LogP contribution in [-0.2, 0) is 22.7 Å². The van der Waals surface area contributed by atoms with E-state index < -0.39 is 23.9 Å². The fourth-order valence-electron chi connectivity index (χ4n) is 10.1. The normalized spacial score (nSPS) is 22.6. The second-order valence-corrected chi connectivity index (χ2v) is 15.8. The Morgan fingerprint density at radius 3 is 1.73 bits per heavy atom. The number of rotatable bonds is 10. The Morgan fingerprint density at radius 2 is 1.20 bits per heavy atom. The Hall–Kier alpha value is -6.61. The quantitative estimate of drug-likeness (QED) is 0.132. The van der Waals surface area contributed by atoms with E-state index in [4.69, 9.17) is 0 Å². The van der Waals surface area contributed by atoms with E-state index in [-0.39, 0.29) is 23.1 Å². The molecule has 1 aliphatic heterocycles. The number of allylic oxidation sites excluding steroid dienone is 9. The van der Waals surface area contributed by atoms with Crippen LogP contribution in [0.4, 0.5) is 11.4 Å². The predicted molar refractivity (Wildman–Crippen MR) is 233 cm³/mol. The van der Waals surface area contributed by atoms with E-state index in [2.05, 4.69) is 77.1 Å². The van der Waals surface area contributed by atoms with E-state index in [1.54, 1.807) is 12.1 Å². The van der Waals surface area contributed by atoms with Crippen LogP contribution in [0, 0.1) is 11.8 Å². The first-order valence-corrected chi connectivity index (χ1v) is 21.4. The minimum absolute atomic E-state index is 0.102. The number of imidazole rings is 1. The maximum absolute atomic E-state index is 14.1. The fraction of sp³-hybridized carbons (Fsp3) is 0.275. The Kier molecular flexibility index (Phi) is 10.3. The summed E-state index contributed by atoms with van der Waals surface area (Å²) in [6, 6.07) is 26.7. The van der Waals surface area contributed by atoms with Gasteiger partial charge in [-0.05, 0) is 88.1 Å². The van der Waals surface area contributed by atoms with Crippen molar-refractivity contribution in [2.75, 3.05) is 18.0 Å². The molecular formula is C51H50N5O4+. The van der Waals surface area contributed by atoms with Crippen LogP contribution in [0.2, 0.25) is 0 Å². The maximum atomic E-state index is 14.1. The maximum Gasteiger partial charge on any atom is 0.282 e. The van der Waals surface area contributed by atoms with E-state index in [0.717, 1.165) is 52.7 Å². The smallest absolute Gasteiger partial charge is 0.282 e. The minimum atomic E-state index is -0.538. The van der Waals surface area contributed by atoms with Gasteiger partial charge in [0.2, 0.25) is 23.0 Å². The van der Waals surface area contributed by atoms with Crippen molar-refractivity contribution >= 4 is 40.6 Å². The molecule has 2 fully saturated rings. The number of carbonyl (C=O) groups is 4. The van der Waals surface area contributed by atoms with Gasteiger partial charge in [0.05, 0.1) is 30.6 Å². The first-order valence-electron chi connectivity index (χ1n) is 21.4. The molecular weight excluding hydrogens is 747 g/mol. The van der Waals surface area contributed by atoms with Gasteiger partial charge in [-0.1, -0.05) is 91.0 Å². The summed E-state index contributed by atoms with van der Waals surface area (Å²) in [6.07, 6.45) is 17.6. The molecule has 0 amide bonds. The highest BCUT2D eigenvalue weighted by atomic mass is 16.2. The summed E-state index contributed by atoms with van der Waals surface area (Å²) in [5.41, 5.74) is 7.03. The Balaban J connectivity index is 1.20. The number of aromatic nitrogens is 2. The van der Waals surface area contributed by atoms with Gasteiger partial charge in [0.1, 0.15) is 17.9 Å². The predicted octanol–water partition coefficient (Wildman–Crippen LogP) is 8.16. The second kappa shape index (κ2) is 15.9. The van der Waals surface area contributed by atoms with E-state index in [0.29, 0.717) is 48.7 Å². The molecule has 302 valence electrons. The van der Waals surface area contributed by atoms with Gasteiger partial charge in [0.15, 0.2) is 11.6 Å². The number of likely N-dealkylation sites (N-methyl/N-ethyl adjacent to an activating group) is 2. The lowest BCUT2D eigenvalue weighted by molar-refractivity contribution is -0.696. The van der Waals surface area contributed by atoms with E-state index in [9.17, 15) is 19.2 Å². The number of Topliss-reactive ketones (excluding diaryl/α,β-unsaturated/α-hetero) is 2. The Morgan fingerprint density at radius 1 is 0.650 bits per heavy atom. The van der Waals surface area contributed by atoms with Gasteiger partial charge in [-0.15, -0.1) is 0 Å². The van der Waals surface area contributed by atoms with Gasteiger partial charge in [0, 0.05) is 41.7 Å². The van der Waals surface area contributed by atoms with E-state index in [1.165, 1.54) is 0 Å². The van der Waals surface area contributed by atoms with Crippen molar-refractivity contribution < 1.29 is 23.7 Å². The fourth-order valence-corrected chi connectivity index (χ4v) is 10.1. The summed E-state index contributed by atoms with van der Waals surface area (Å²) in [4.78, 5) is 62.9. The molecule has 9 nitrogen and oxygen atoms in total. The highest BCUT2D eigenvalue weighted by Crippen LogP contribution is 2.44. The largest absolute Gasteiger partial charge is 0.346 e. The number of benzene rings is 3. The number of hydrogen-bond acceptors (Lipinski definition) is 7. The molecule has 2 heterocycles. The number of anilines is 2. The van der Waals surface area contributed by atoms with Crippen LogP contribution in [0.3, 0.4) is 0 Å². The molecule has 4 aromatic rings. The van der Waals surface area contributed by atoms with Gasteiger partial charge in [-0.3, -0.25) is 19.2 Å². The van der Waals surface area contributed by atoms with Crippen LogP contribution in [0.15, 0.2) is 150 Å². The van der Waals surface area contributed by atoms with Gasteiger partial charge in [0.25, 0.3) is 5.82 Å². The number of hydrogen-bond donors (Lipinski definition) is 0. The summed E-state index contributed by atoms with van der Waals surface area (Å²) in [7, 11) is 0. The van der Waals surface area contributed by atoms with Crippen molar-refractivity contribution in [3.05, 3.63) is 178 Å². The molecule has 0 bridgehead atoms. The molecule has 0 N–H and O–H groups in total. The molecule has 9 rings (SSSR count). The number of carbonyl (C=O) groups excluding carboxylic acids is 4. The highest BCUT2D eigenvalue weighted by molar-refractivity contribution is 6.26. The topological polar surface area (TPSA) is 86.8 Å². The molecule has 4 unspecified atom stereocenters. The molecule has 5 aliphatic rings. The third-order valence-electron chi connectivity index (χ3n) is 12.8. The SMILES string of the molecule is CCN1C(=C/C=C2\CCC(/C=C/c3n(CC)c4c([n+]3CC)C(=O)c3ccccc3C4=O)=C2N(c2ccccc2)c2ccccc2)N(CC)C2C(=O)C3C=CC=CC3C(=O)C21. The zero-order valence-corrected chi connectivity index (χ0v) is 34.6. The number of fused-ring (bicyclic) bond motifs is 4. The summed E-state index contributed by atoms with van der Waals surface area (Å²) >= 11 is 0. The van der Waals surface area contributed by atoms with Crippen LogP contribution >= 0.6 is 0 Å². The standard InChI is InChI=1S/C51H50N5O4/c1-5-52-41(53(6-2)45-44(52)48(57)37-23-15-16-24-38(37)49(45)58)31-29-33-27-28-34(43(33)56(35-19-11-9-12-20-35)36-21-13-10-14-22-36)30-32-42-54(7-3)46-47(55(42)8-4)51(60)40-26-18-17-25-39(40)50(46)59/h9-26,29-32,37-38,44-45H,5-8,27-28H2,1-4H3/q+1. The van der Waals surface area contributed by atoms with Gasteiger partial charge >= 0.3 is 0 Å². The van der Waals surface area contributed by atoms with Crippen molar-refractivity contribution in [2.24, 2.45) is 11.8 Å². The molecule has 60 heavy (non-hydrogen) atoms. The third-order valence-corrected chi connectivity index (χ3v) is 12.8. The molecule has 4 atom stereocenters. The lowest BCUT2D eigenvalue weighted by Crippen LogP contribution is -2.58. The van der Waals surface area contributed by atoms with Crippen molar-refractivity contribution in [1.82, 2.24) is 14.4 Å². The van der Waals surface area contributed by atoms with Crippen molar-refractivity contribution in [1.29, 1.82) is 0 Å². The van der Waals surface area contributed by atoms with Crippen molar-refractivity contribution in [2.45, 2.75) is 65.7 Å². The first-order chi connectivity index (χ1) is 29.3. The van der Waals surface area contributed by atoms with Crippen molar-refractivity contribution in [3.8, 4) is 0 Å². The molecule has 1 aromatic heterocycles. The number of para-hydroxylation sites is 2. The summed E-state index contributed by atoms with van der Waals surface area (Å²) in [5.74, 6) is 0.747. The number of nitrogens with zero attached hydrogens (tertiary/aromatic N) is 5. The number of ketones is 4. The Labute approximate surface area is 351 Å². The molecule has 0 spiro atoms. The van der Waals surface area contributed by atoms with E-state index >= 15 is 0 Å². The van der Waals surface area contributed by atoms with Crippen LogP contribution < -0.4 is 9.47 Å². The lowest BCUT2D eigenvalue weighted by atomic mass is 9.70. The molecule has 4 aliphatic carbocycles. The second-order valence-electron chi connectivity index (χ2n) is 15.8.